The van der Waals surface area contributed by atoms with Gasteiger partial charge in [0.2, 0.25) is 0 Å². The molecule has 0 radical (unpaired) electrons. The molecule has 2 aliphatic rings. The molecule has 144 valence electrons. The lowest BCUT2D eigenvalue weighted by molar-refractivity contribution is 0.0931. The summed E-state index contributed by atoms with van der Waals surface area (Å²) in [5, 5.41) is 3.12. The summed E-state index contributed by atoms with van der Waals surface area (Å²) < 4.78 is 5.42. The van der Waals surface area contributed by atoms with Crippen LogP contribution in [0, 0.1) is 11.8 Å². The number of carbonyl (C=O) groups excluding carboxylic acids is 1. The quantitative estimate of drug-likeness (QED) is 0.797. The van der Waals surface area contributed by atoms with Crippen molar-refractivity contribution >= 4 is 5.91 Å². The van der Waals surface area contributed by atoms with Gasteiger partial charge in [0.15, 0.2) is 0 Å². The molecule has 1 heterocycles. The molecule has 0 bridgehead atoms. The Morgan fingerprint density at radius 3 is 2.38 bits per heavy atom. The summed E-state index contributed by atoms with van der Waals surface area (Å²) in [4.78, 5) is 15.0. The van der Waals surface area contributed by atoms with E-state index >= 15 is 0 Å². The highest BCUT2D eigenvalue weighted by atomic mass is 16.5. The van der Waals surface area contributed by atoms with Gasteiger partial charge in [-0.15, -0.1) is 0 Å². The molecule has 0 atom stereocenters. The Balaban J connectivity index is 1.35. The van der Waals surface area contributed by atoms with Gasteiger partial charge in [-0.05, 0) is 81.8 Å². The summed E-state index contributed by atoms with van der Waals surface area (Å²) in [5.41, 5.74) is 0.711. The van der Waals surface area contributed by atoms with Gasteiger partial charge in [0.25, 0.3) is 5.91 Å². The van der Waals surface area contributed by atoms with Gasteiger partial charge in [0.1, 0.15) is 5.75 Å². The number of hydrogen-bond donors (Lipinski definition) is 1. The summed E-state index contributed by atoms with van der Waals surface area (Å²) in [6.07, 6.45) is 9.56. The van der Waals surface area contributed by atoms with Crippen molar-refractivity contribution in [2.45, 2.75) is 51.9 Å². The number of benzene rings is 1. The molecule has 0 aromatic heterocycles. The molecule has 26 heavy (non-hydrogen) atoms. The van der Waals surface area contributed by atoms with Gasteiger partial charge < -0.3 is 15.0 Å². The fourth-order valence-corrected chi connectivity index (χ4v) is 4.32. The lowest BCUT2D eigenvalue weighted by Crippen LogP contribution is -2.40. The molecular formula is C22H34N2O2. The monoisotopic (exact) mass is 358 g/mol. The molecule has 1 saturated heterocycles. The highest BCUT2D eigenvalue weighted by molar-refractivity contribution is 5.94. The second kappa shape index (κ2) is 9.96. The van der Waals surface area contributed by atoms with E-state index in [-0.39, 0.29) is 5.91 Å². The third-order valence-electron chi connectivity index (χ3n) is 5.93. The zero-order chi connectivity index (χ0) is 18.2. The molecule has 1 aromatic carbocycles. The van der Waals surface area contributed by atoms with Gasteiger partial charge in [-0.2, -0.15) is 0 Å². The summed E-state index contributed by atoms with van der Waals surface area (Å²) in [7, 11) is 0. The molecule has 1 saturated carbocycles. The molecule has 4 nitrogen and oxygen atoms in total. The van der Waals surface area contributed by atoms with Crippen LogP contribution in [0.3, 0.4) is 0 Å². The Kier molecular flexibility index (Phi) is 7.36. The van der Waals surface area contributed by atoms with Gasteiger partial charge in [-0.25, -0.2) is 0 Å². The zero-order valence-electron chi connectivity index (χ0n) is 16.2. The Morgan fingerprint density at radius 1 is 1.04 bits per heavy atom. The second-order valence-electron chi connectivity index (χ2n) is 7.92. The standard InChI is InChI=1S/C22H34N2O2/c1-2-26-21-10-8-20(9-11-21)22(25)23-16-18-12-14-24(15-13-18)17-19-6-4-3-5-7-19/h8-11,18-19H,2-7,12-17H2,1H3,(H,23,25). The fraction of sp³-hybridized carbons (Fsp3) is 0.682. The number of rotatable bonds is 7. The molecular weight excluding hydrogens is 324 g/mol. The van der Waals surface area contributed by atoms with Crippen LogP contribution in [0.2, 0.25) is 0 Å². The lowest BCUT2D eigenvalue weighted by Gasteiger charge is -2.35. The molecule has 0 spiro atoms. The van der Waals surface area contributed by atoms with Crippen LogP contribution in [0.5, 0.6) is 5.75 Å². The third-order valence-corrected chi connectivity index (χ3v) is 5.93. The number of likely N-dealkylation sites (tertiary alicyclic amines) is 1. The van der Waals surface area contributed by atoms with Crippen molar-refractivity contribution in [3.63, 3.8) is 0 Å². The molecule has 2 fully saturated rings. The Labute approximate surface area is 158 Å². The summed E-state index contributed by atoms with van der Waals surface area (Å²) in [6.45, 7) is 7.08. The lowest BCUT2D eigenvalue weighted by atomic mass is 9.88. The largest absolute Gasteiger partial charge is 0.494 e. The minimum absolute atomic E-state index is 0.0256. The van der Waals surface area contributed by atoms with Gasteiger partial charge in [0.05, 0.1) is 6.61 Å². The van der Waals surface area contributed by atoms with Crippen LogP contribution in [-0.2, 0) is 0 Å². The van der Waals surface area contributed by atoms with E-state index in [9.17, 15) is 4.79 Å². The molecule has 1 aromatic rings. The number of hydrogen-bond acceptors (Lipinski definition) is 3. The van der Waals surface area contributed by atoms with E-state index in [0.717, 1.165) is 18.2 Å². The van der Waals surface area contributed by atoms with Crippen molar-refractivity contribution in [1.82, 2.24) is 10.2 Å². The minimum atomic E-state index is 0.0256. The SMILES string of the molecule is CCOc1ccc(C(=O)NCC2CCN(CC3CCCCC3)CC2)cc1. The predicted molar refractivity (Wildman–Crippen MR) is 106 cm³/mol. The Morgan fingerprint density at radius 2 is 1.73 bits per heavy atom. The average Bonchev–Trinajstić information content (AvgIpc) is 2.69. The van der Waals surface area contributed by atoms with Crippen molar-refractivity contribution in [1.29, 1.82) is 0 Å². The number of ether oxygens (including phenoxy) is 1. The molecule has 1 aliphatic heterocycles. The van der Waals surface area contributed by atoms with Gasteiger partial charge in [-0.1, -0.05) is 19.3 Å². The highest BCUT2D eigenvalue weighted by Gasteiger charge is 2.23. The van der Waals surface area contributed by atoms with Gasteiger partial charge in [0, 0.05) is 18.7 Å². The summed E-state index contributed by atoms with van der Waals surface area (Å²) in [5.74, 6) is 2.39. The molecule has 1 aliphatic carbocycles. The Hall–Kier alpha value is -1.55. The minimum Gasteiger partial charge on any atom is -0.494 e. The van der Waals surface area contributed by atoms with E-state index in [0.29, 0.717) is 18.1 Å². The number of piperidine rings is 1. The van der Waals surface area contributed by atoms with Crippen molar-refractivity contribution in [3.05, 3.63) is 29.8 Å². The first-order chi connectivity index (χ1) is 12.7. The number of nitrogens with zero attached hydrogens (tertiary/aromatic N) is 1. The highest BCUT2D eigenvalue weighted by Crippen LogP contribution is 2.26. The maximum Gasteiger partial charge on any atom is 0.251 e. The van der Waals surface area contributed by atoms with E-state index in [1.807, 2.05) is 31.2 Å². The van der Waals surface area contributed by atoms with Crippen LogP contribution in [0.4, 0.5) is 0 Å². The van der Waals surface area contributed by atoms with Gasteiger partial charge in [-0.3, -0.25) is 4.79 Å². The molecule has 1 N–H and O–H groups in total. The van der Waals surface area contributed by atoms with Gasteiger partial charge >= 0.3 is 0 Å². The number of nitrogens with one attached hydrogen (secondary N) is 1. The van der Waals surface area contributed by atoms with E-state index in [1.54, 1.807) is 0 Å². The normalized spacial score (nSPS) is 20.0. The second-order valence-corrected chi connectivity index (χ2v) is 7.92. The topological polar surface area (TPSA) is 41.6 Å². The van der Waals surface area contributed by atoms with Crippen molar-refractivity contribution in [2.75, 3.05) is 32.8 Å². The molecule has 0 unspecified atom stereocenters. The van der Waals surface area contributed by atoms with E-state index in [1.165, 1.54) is 64.6 Å². The van der Waals surface area contributed by atoms with Crippen molar-refractivity contribution in [2.24, 2.45) is 11.8 Å². The first kappa shape index (κ1) is 19.2. The van der Waals surface area contributed by atoms with Crippen molar-refractivity contribution in [3.8, 4) is 5.75 Å². The zero-order valence-corrected chi connectivity index (χ0v) is 16.2. The maximum absolute atomic E-state index is 12.3. The van der Waals surface area contributed by atoms with Crippen LogP contribution >= 0.6 is 0 Å². The predicted octanol–water partition coefficient (Wildman–Crippen LogP) is 4.11. The first-order valence-electron chi connectivity index (χ1n) is 10.5. The number of amides is 1. The van der Waals surface area contributed by atoms with Crippen LogP contribution in [0.25, 0.3) is 0 Å². The summed E-state index contributed by atoms with van der Waals surface area (Å²) in [6, 6.07) is 7.41. The average molecular weight is 359 g/mol. The molecule has 4 heteroatoms. The first-order valence-corrected chi connectivity index (χ1v) is 10.5. The summed E-state index contributed by atoms with van der Waals surface area (Å²) >= 11 is 0. The van der Waals surface area contributed by atoms with E-state index in [2.05, 4.69) is 10.2 Å². The fourth-order valence-electron chi connectivity index (χ4n) is 4.32. The maximum atomic E-state index is 12.3. The van der Waals surface area contributed by atoms with E-state index < -0.39 is 0 Å². The van der Waals surface area contributed by atoms with Crippen LogP contribution in [0.15, 0.2) is 24.3 Å². The van der Waals surface area contributed by atoms with E-state index in [4.69, 9.17) is 4.74 Å². The molecule has 1 amide bonds. The van der Waals surface area contributed by atoms with Crippen LogP contribution < -0.4 is 10.1 Å². The molecule has 3 rings (SSSR count). The van der Waals surface area contributed by atoms with Crippen LogP contribution in [0.1, 0.15) is 62.2 Å². The Bertz CT molecular complexity index is 544. The van der Waals surface area contributed by atoms with Crippen LogP contribution in [-0.4, -0.2) is 43.6 Å². The number of carbonyl (C=O) groups is 1. The smallest absolute Gasteiger partial charge is 0.251 e. The van der Waals surface area contributed by atoms with Crippen molar-refractivity contribution < 1.29 is 9.53 Å². The third kappa shape index (κ3) is 5.73.